The number of anilines is 1. The van der Waals surface area contributed by atoms with Crippen molar-refractivity contribution in [3.8, 4) is 0 Å². The molecule has 0 aliphatic carbocycles. The molecule has 5 nitrogen and oxygen atoms in total. The molecule has 2 N–H and O–H groups in total. The number of benzene rings is 1. The largest absolute Gasteiger partial charge is 0.444 e. The van der Waals surface area contributed by atoms with Crippen molar-refractivity contribution in [2.45, 2.75) is 38.2 Å². The second kappa shape index (κ2) is 5.21. The summed E-state index contributed by atoms with van der Waals surface area (Å²) in [5.41, 5.74) is 0.549. The molecule has 1 atom stereocenters. The van der Waals surface area contributed by atoms with Crippen molar-refractivity contribution in [3.63, 3.8) is 0 Å². The van der Waals surface area contributed by atoms with E-state index >= 15 is 0 Å². The maximum atomic E-state index is 11.8. The highest BCUT2D eigenvalue weighted by atomic mass is 32.2. The molecule has 1 unspecified atom stereocenters. The molecule has 1 rings (SSSR count). The van der Waals surface area contributed by atoms with Gasteiger partial charge in [0, 0.05) is 11.9 Å². The molecule has 0 aromatic heterocycles. The smallest absolute Gasteiger partial charge is 0.412 e. The monoisotopic (exact) mass is 284 g/mol. The zero-order chi connectivity index (χ0) is 14.8. The van der Waals surface area contributed by atoms with Gasteiger partial charge in [-0.05, 0) is 45.4 Å². The number of carbonyl (C=O) groups is 1. The summed E-state index contributed by atoms with van der Waals surface area (Å²) in [6.45, 7) is 7.05. The highest BCUT2D eigenvalue weighted by Crippen LogP contribution is 2.23. The predicted molar refractivity (Wildman–Crippen MR) is 76.1 cm³/mol. The number of nitrogens with one attached hydrogen (secondary N) is 2. The Labute approximate surface area is 114 Å². The first kappa shape index (κ1) is 15.5. The summed E-state index contributed by atoms with van der Waals surface area (Å²) >= 11 is 0. The van der Waals surface area contributed by atoms with Crippen molar-refractivity contribution in [2.75, 3.05) is 11.6 Å². The third-order valence-corrected chi connectivity index (χ3v) is 3.62. The quantitative estimate of drug-likeness (QED) is 0.873. The Hall–Kier alpha value is -1.56. The van der Waals surface area contributed by atoms with E-state index in [2.05, 4.69) is 5.32 Å². The predicted octanol–water partition coefficient (Wildman–Crippen LogP) is 3.38. The average Bonchev–Trinajstić information content (AvgIpc) is 2.16. The van der Waals surface area contributed by atoms with Crippen molar-refractivity contribution >= 4 is 21.5 Å². The molecule has 0 saturated heterocycles. The van der Waals surface area contributed by atoms with Crippen molar-refractivity contribution < 1.29 is 13.7 Å². The minimum Gasteiger partial charge on any atom is -0.444 e. The van der Waals surface area contributed by atoms with E-state index in [1.165, 1.54) is 6.26 Å². The molecule has 0 aliphatic rings. The van der Waals surface area contributed by atoms with Gasteiger partial charge in [-0.2, -0.15) is 0 Å². The highest BCUT2D eigenvalue weighted by molar-refractivity contribution is 7.91. The topological polar surface area (TPSA) is 79.2 Å². The molecule has 0 bridgehead atoms. The van der Waals surface area contributed by atoms with E-state index in [4.69, 9.17) is 9.52 Å². The molecule has 0 spiro atoms. The molecular formula is C13H20N2O3S. The molecule has 1 amide bonds. The van der Waals surface area contributed by atoms with Crippen LogP contribution < -0.4 is 5.32 Å². The lowest BCUT2D eigenvalue weighted by molar-refractivity contribution is 0.0635. The third-order valence-electron chi connectivity index (χ3n) is 2.34. The first-order chi connectivity index (χ1) is 8.50. The fourth-order valence-corrected chi connectivity index (χ4v) is 2.62. The number of amides is 1. The van der Waals surface area contributed by atoms with E-state index in [1.54, 1.807) is 45.9 Å². The van der Waals surface area contributed by atoms with Crippen molar-refractivity contribution in [2.24, 2.45) is 0 Å². The minimum absolute atomic E-state index is 0.418. The van der Waals surface area contributed by atoms with Gasteiger partial charge in [0.1, 0.15) is 5.60 Å². The molecule has 0 fully saturated rings. The summed E-state index contributed by atoms with van der Waals surface area (Å²) in [5, 5.41) is 2.61. The lowest BCUT2D eigenvalue weighted by atomic mass is 10.2. The van der Waals surface area contributed by atoms with Crippen LogP contribution in [0.25, 0.3) is 0 Å². The Kier molecular flexibility index (Phi) is 4.25. The van der Waals surface area contributed by atoms with Crippen LogP contribution in [-0.2, 0) is 14.5 Å². The Balaban J connectivity index is 3.01. The van der Waals surface area contributed by atoms with Crippen molar-refractivity contribution in [3.05, 3.63) is 23.8 Å². The molecule has 1 aromatic carbocycles. The van der Waals surface area contributed by atoms with Crippen LogP contribution in [-0.4, -0.2) is 22.2 Å². The fraction of sp³-hybridized carbons (Fsp3) is 0.462. The Morgan fingerprint density at radius 2 is 1.95 bits per heavy atom. The summed E-state index contributed by atoms with van der Waals surface area (Å²) in [6.07, 6.45) is 0.785. The molecule has 6 heteroatoms. The van der Waals surface area contributed by atoms with Gasteiger partial charge in [0.2, 0.25) is 0 Å². The molecule has 1 aromatic rings. The van der Waals surface area contributed by atoms with Gasteiger partial charge in [-0.15, -0.1) is 0 Å². The molecule has 0 aliphatic heterocycles. The summed E-state index contributed by atoms with van der Waals surface area (Å²) in [5.74, 6) is 0. The van der Waals surface area contributed by atoms with Gasteiger partial charge in [-0.25, -0.2) is 13.8 Å². The SMILES string of the molecule is Cc1c(NC(=O)OC(C)(C)C)cccc1S(C)(=N)=O. The summed E-state index contributed by atoms with van der Waals surface area (Å²) in [6, 6.07) is 4.98. The van der Waals surface area contributed by atoms with Crippen molar-refractivity contribution in [1.29, 1.82) is 4.78 Å². The van der Waals surface area contributed by atoms with E-state index in [-0.39, 0.29) is 0 Å². The standard InChI is InChI=1S/C13H20N2O3S/c1-9-10(15-12(16)18-13(2,3)4)7-6-8-11(9)19(5,14)17/h6-8,14H,1-5H3,(H,15,16). The van der Waals surface area contributed by atoms with E-state index in [1.807, 2.05) is 0 Å². The number of ether oxygens (including phenoxy) is 1. The van der Waals surface area contributed by atoms with Crippen LogP contribution in [0.1, 0.15) is 26.3 Å². The number of hydrogen-bond acceptors (Lipinski definition) is 4. The molecule has 19 heavy (non-hydrogen) atoms. The van der Waals surface area contributed by atoms with Gasteiger partial charge < -0.3 is 4.74 Å². The van der Waals surface area contributed by atoms with E-state index in [0.29, 0.717) is 16.1 Å². The van der Waals surface area contributed by atoms with Gasteiger partial charge in [0.05, 0.1) is 14.6 Å². The van der Waals surface area contributed by atoms with Crippen LogP contribution in [0.3, 0.4) is 0 Å². The second-order valence-electron chi connectivity index (χ2n) is 5.40. The normalized spacial score (nSPS) is 14.6. The number of carbonyl (C=O) groups excluding carboxylic acids is 1. The summed E-state index contributed by atoms with van der Waals surface area (Å²) in [4.78, 5) is 12.1. The lowest BCUT2D eigenvalue weighted by Gasteiger charge is -2.20. The fourth-order valence-electron chi connectivity index (χ4n) is 1.59. The second-order valence-corrected chi connectivity index (χ2v) is 7.53. The number of hydrogen-bond donors (Lipinski definition) is 2. The molecule has 0 radical (unpaired) electrons. The molecule has 0 heterocycles. The molecule has 0 saturated carbocycles. The van der Waals surface area contributed by atoms with Crippen LogP contribution in [0.2, 0.25) is 0 Å². The maximum absolute atomic E-state index is 11.8. The Morgan fingerprint density at radius 1 is 1.37 bits per heavy atom. The third kappa shape index (κ3) is 4.55. The molecular weight excluding hydrogens is 264 g/mol. The van der Waals surface area contributed by atoms with E-state index in [9.17, 15) is 9.00 Å². The molecule has 106 valence electrons. The van der Waals surface area contributed by atoms with E-state index < -0.39 is 21.4 Å². The van der Waals surface area contributed by atoms with Gasteiger partial charge in [-0.1, -0.05) is 6.07 Å². The lowest BCUT2D eigenvalue weighted by Crippen LogP contribution is -2.27. The van der Waals surface area contributed by atoms with Gasteiger partial charge in [-0.3, -0.25) is 5.32 Å². The van der Waals surface area contributed by atoms with Crippen LogP contribution in [0.15, 0.2) is 23.1 Å². The average molecular weight is 284 g/mol. The first-order valence-electron chi connectivity index (χ1n) is 5.84. The van der Waals surface area contributed by atoms with Gasteiger partial charge in [0.25, 0.3) is 0 Å². The zero-order valence-electron chi connectivity index (χ0n) is 11.9. The van der Waals surface area contributed by atoms with Crippen LogP contribution in [0.5, 0.6) is 0 Å². The minimum atomic E-state index is -2.82. The first-order valence-corrected chi connectivity index (χ1v) is 7.81. The van der Waals surface area contributed by atoms with Crippen LogP contribution in [0.4, 0.5) is 10.5 Å². The highest BCUT2D eigenvalue weighted by Gasteiger charge is 2.18. The van der Waals surface area contributed by atoms with Crippen molar-refractivity contribution in [1.82, 2.24) is 0 Å². The summed E-state index contributed by atoms with van der Waals surface area (Å²) in [7, 11) is -2.82. The Morgan fingerprint density at radius 3 is 2.42 bits per heavy atom. The Bertz CT molecular complexity index is 586. The van der Waals surface area contributed by atoms with E-state index in [0.717, 1.165) is 0 Å². The van der Waals surface area contributed by atoms with Gasteiger partial charge >= 0.3 is 6.09 Å². The number of rotatable bonds is 2. The zero-order valence-corrected chi connectivity index (χ0v) is 12.7. The van der Waals surface area contributed by atoms with Crippen LogP contribution >= 0.6 is 0 Å². The maximum Gasteiger partial charge on any atom is 0.412 e. The van der Waals surface area contributed by atoms with Crippen LogP contribution in [0, 0.1) is 11.7 Å². The van der Waals surface area contributed by atoms with Gasteiger partial charge in [0.15, 0.2) is 0 Å². The summed E-state index contributed by atoms with van der Waals surface area (Å²) < 4.78 is 24.6.